The molecule has 0 fully saturated rings. The van der Waals surface area contributed by atoms with Gasteiger partial charge < -0.3 is 5.32 Å². The highest BCUT2D eigenvalue weighted by Crippen LogP contribution is 1.90. The zero-order valence-corrected chi connectivity index (χ0v) is 6.60. The van der Waals surface area contributed by atoms with Crippen molar-refractivity contribution in [3.63, 3.8) is 0 Å². The first kappa shape index (κ1) is 9.14. The smallest absolute Gasteiger partial charge is 0.217 e. The van der Waals surface area contributed by atoms with Gasteiger partial charge in [-0.3, -0.25) is 9.59 Å². The molecule has 0 aromatic heterocycles. The van der Waals surface area contributed by atoms with Gasteiger partial charge in [0.15, 0.2) is 0 Å². The average Bonchev–Trinajstić information content (AvgIpc) is 1.58. The van der Waals surface area contributed by atoms with E-state index in [1.165, 1.54) is 13.8 Å². The first-order valence-electron chi connectivity index (χ1n) is 3.29. The first-order chi connectivity index (χ1) is 4.52. The lowest BCUT2D eigenvalue weighted by molar-refractivity contribution is -0.120. The van der Waals surface area contributed by atoms with Crippen molar-refractivity contribution in [2.75, 3.05) is 0 Å². The molecule has 0 aliphatic rings. The SMILES string of the molecule is CC(=O)CC(C)NC(C)=O. The minimum absolute atomic E-state index is 0.0324. The topological polar surface area (TPSA) is 46.2 Å². The molecule has 3 nitrogen and oxygen atoms in total. The van der Waals surface area contributed by atoms with Crippen LogP contribution >= 0.6 is 0 Å². The summed E-state index contributed by atoms with van der Waals surface area (Å²) in [4.78, 5) is 20.9. The summed E-state index contributed by atoms with van der Waals surface area (Å²) in [5.41, 5.74) is 0. The Bertz CT molecular complexity index is 127. The highest BCUT2D eigenvalue weighted by atomic mass is 16.1. The minimum atomic E-state index is -0.0891. The zero-order chi connectivity index (χ0) is 8.15. The standard InChI is InChI=1S/C7H13NO2/c1-5(4-6(2)9)8-7(3)10/h5H,4H2,1-3H3,(H,8,10). The second-order valence-corrected chi connectivity index (χ2v) is 2.51. The highest BCUT2D eigenvalue weighted by Gasteiger charge is 2.04. The van der Waals surface area contributed by atoms with Crippen molar-refractivity contribution in [1.29, 1.82) is 0 Å². The summed E-state index contributed by atoms with van der Waals surface area (Å²) in [6.07, 6.45) is 0.416. The van der Waals surface area contributed by atoms with Gasteiger partial charge in [-0.1, -0.05) is 0 Å². The number of ketones is 1. The van der Waals surface area contributed by atoms with Gasteiger partial charge in [0, 0.05) is 19.4 Å². The Morgan fingerprint density at radius 2 is 1.90 bits per heavy atom. The summed E-state index contributed by atoms with van der Waals surface area (Å²) in [6.45, 7) is 4.76. The lowest BCUT2D eigenvalue weighted by Crippen LogP contribution is -2.31. The van der Waals surface area contributed by atoms with Crippen molar-refractivity contribution in [1.82, 2.24) is 5.32 Å². The second kappa shape index (κ2) is 4.04. The van der Waals surface area contributed by atoms with Crippen LogP contribution in [-0.2, 0) is 9.59 Å². The fourth-order valence-electron chi connectivity index (χ4n) is 0.829. The van der Waals surface area contributed by atoms with E-state index in [0.717, 1.165) is 0 Å². The summed E-state index contributed by atoms with van der Waals surface area (Å²) >= 11 is 0. The van der Waals surface area contributed by atoms with Gasteiger partial charge in [-0.05, 0) is 13.8 Å². The van der Waals surface area contributed by atoms with Gasteiger partial charge in [0.1, 0.15) is 5.78 Å². The Morgan fingerprint density at radius 1 is 1.40 bits per heavy atom. The monoisotopic (exact) mass is 143 g/mol. The number of hydrogen-bond acceptors (Lipinski definition) is 2. The van der Waals surface area contributed by atoms with Crippen LogP contribution in [0.25, 0.3) is 0 Å². The molecule has 0 saturated heterocycles. The van der Waals surface area contributed by atoms with Crippen LogP contribution in [0.3, 0.4) is 0 Å². The van der Waals surface area contributed by atoms with E-state index in [0.29, 0.717) is 6.42 Å². The molecule has 3 heteroatoms. The van der Waals surface area contributed by atoms with Crippen LogP contribution in [0.4, 0.5) is 0 Å². The van der Waals surface area contributed by atoms with Crippen molar-refractivity contribution in [2.45, 2.75) is 33.2 Å². The number of Topliss-reactive ketones (excluding diaryl/α,β-unsaturated/α-hetero) is 1. The molecule has 0 spiro atoms. The molecule has 0 aliphatic heterocycles. The van der Waals surface area contributed by atoms with Gasteiger partial charge in [-0.25, -0.2) is 0 Å². The summed E-state index contributed by atoms with van der Waals surface area (Å²) in [7, 11) is 0. The second-order valence-electron chi connectivity index (χ2n) is 2.51. The Balaban J connectivity index is 3.53. The average molecular weight is 143 g/mol. The van der Waals surface area contributed by atoms with Crippen LogP contribution in [0, 0.1) is 0 Å². The molecule has 10 heavy (non-hydrogen) atoms. The van der Waals surface area contributed by atoms with E-state index in [1.807, 2.05) is 6.92 Å². The van der Waals surface area contributed by atoms with E-state index < -0.39 is 0 Å². The summed E-state index contributed by atoms with van der Waals surface area (Å²) in [5, 5.41) is 2.61. The number of carbonyl (C=O) groups is 2. The number of rotatable bonds is 3. The van der Waals surface area contributed by atoms with E-state index >= 15 is 0 Å². The van der Waals surface area contributed by atoms with Gasteiger partial charge in [-0.15, -0.1) is 0 Å². The van der Waals surface area contributed by atoms with E-state index in [4.69, 9.17) is 0 Å². The van der Waals surface area contributed by atoms with Gasteiger partial charge in [0.2, 0.25) is 5.91 Å². The molecule has 58 valence electrons. The molecule has 0 saturated carbocycles. The molecule has 1 atom stereocenters. The van der Waals surface area contributed by atoms with E-state index in [9.17, 15) is 9.59 Å². The fourth-order valence-corrected chi connectivity index (χ4v) is 0.829. The highest BCUT2D eigenvalue weighted by molar-refractivity contribution is 5.78. The molecule has 0 heterocycles. The van der Waals surface area contributed by atoms with Crippen molar-refractivity contribution >= 4 is 11.7 Å². The molecule has 0 rings (SSSR count). The lowest BCUT2D eigenvalue weighted by Gasteiger charge is -2.08. The molecular weight excluding hydrogens is 130 g/mol. The summed E-state index contributed by atoms with van der Waals surface area (Å²) in [6, 6.07) is -0.0324. The van der Waals surface area contributed by atoms with Crippen LogP contribution in [0.15, 0.2) is 0 Å². The largest absolute Gasteiger partial charge is 0.353 e. The van der Waals surface area contributed by atoms with Gasteiger partial charge in [0.05, 0.1) is 0 Å². The van der Waals surface area contributed by atoms with Gasteiger partial charge in [-0.2, -0.15) is 0 Å². The zero-order valence-electron chi connectivity index (χ0n) is 6.60. The third-order valence-electron chi connectivity index (χ3n) is 1.04. The molecule has 0 aromatic rings. The van der Waals surface area contributed by atoms with E-state index in [1.54, 1.807) is 0 Å². The lowest BCUT2D eigenvalue weighted by atomic mass is 10.2. The summed E-state index contributed by atoms with van der Waals surface area (Å²) < 4.78 is 0. The van der Waals surface area contributed by atoms with Crippen LogP contribution < -0.4 is 5.32 Å². The van der Waals surface area contributed by atoms with E-state index in [2.05, 4.69) is 5.32 Å². The molecule has 0 aliphatic carbocycles. The van der Waals surface area contributed by atoms with E-state index in [-0.39, 0.29) is 17.7 Å². The van der Waals surface area contributed by atoms with Crippen LogP contribution in [-0.4, -0.2) is 17.7 Å². The third kappa shape index (κ3) is 5.28. The molecule has 1 unspecified atom stereocenters. The van der Waals surface area contributed by atoms with Crippen LogP contribution in [0.5, 0.6) is 0 Å². The predicted molar refractivity (Wildman–Crippen MR) is 38.6 cm³/mol. The normalized spacial score (nSPS) is 12.3. The molecule has 0 radical (unpaired) electrons. The van der Waals surface area contributed by atoms with Gasteiger partial charge >= 0.3 is 0 Å². The Morgan fingerprint density at radius 3 is 2.20 bits per heavy atom. The molecule has 1 N–H and O–H groups in total. The number of nitrogens with one attached hydrogen (secondary N) is 1. The minimum Gasteiger partial charge on any atom is -0.353 e. The predicted octanol–water partition coefficient (Wildman–Crippen LogP) is 0.490. The number of carbonyl (C=O) groups excluding carboxylic acids is 2. The maximum absolute atomic E-state index is 10.5. The Kier molecular flexibility index (Phi) is 3.69. The van der Waals surface area contributed by atoms with Crippen molar-refractivity contribution in [2.24, 2.45) is 0 Å². The fraction of sp³-hybridized carbons (Fsp3) is 0.714. The van der Waals surface area contributed by atoms with Crippen molar-refractivity contribution in [3.05, 3.63) is 0 Å². The third-order valence-corrected chi connectivity index (χ3v) is 1.04. The van der Waals surface area contributed by atoms with Gasteiger partial charge in [0.25, 0.3) is 0 Å². The van der Waals surface area contributed by atoms with Crippen LogP contribution in [0.2, 0.25) is 0 Å². The number of amides is 1. The maximum atomic E-state index is 10.5. The molecular formula is C7H13NO2. The number of hydrogen-bond donors (Lipinski definition) is 1. The van der Waals surface area contributed by atoms with Crippen LogP contribution in [0.1, 0.15) is 27.2 Å². The maximum Gasteiger partial charge on any atom is 0.217 e. The summed E-state index contributed by atoms with van der Waals surface area (Å²) in [5.74, 6) is 0.00926. The van der Waals surface area contributed by atoms with Crippen molar-refractivity contribution in [3.8, 4) is 0 Å². The van der Waals surface area contributed by atoms with Crippen molar-refractivity contribution < 1.29 is 9.59 Å². The first-order valence-corrected chi connectivity index (χ1v) is 3.29. The quantitative estimate of drug-likeness (QED) is 0.625. The molecule has 0 aromatic carbocycles. The molecule has 0 bridgehead atoms. The Hall–Kier alpha value is -0.860. The Labute approximate surface area is 60.8 Å². The molecule has 1 amide bonds.